The highest BCUT2D eigenvalue weighted by molar-refractivity contribution is 5.84. The second kappa shape index (κ2) is 14.6. The minimum Gasteiger partial charge on any atom is -0.256 e. The summed E-state index contributed by atoms with van der Waals surface area (Å²) < 4.78 is 0. The van der Waals surface area contributed by atoms with E-state index < -0.39 is 0 Å². The molecule has 3 heterocycles. The molecule has 0 spiro atoms. The van der Waals surface area contributed by atoms with E-state index in [1.807, 2.05) is 158 Å². The van der Waals surface area contributed by atoms with Crippen molar-refractivity contribution in [3.05, 3.63) is 188 Å². The molecule has 3 aromatic heterocycles. The number of hydrogen-bond acceptors (Lipinski definition) is 7. The summed E-state index contributed by atoms with van der Waals surface area (Å²) >= 11 is 0. The van der Waals surface area contributed by atoms with Gasteiger partial charge < -0.3 is 0 Å². The molecule has 0 unspecified atom stereocenters. The lowest BCUT2D eigenvalue weighted by Gasteiger charge is -2.13. The molecule has 0 bridgehead atoms. The number of benzene rings is 6. The van der Waals surface area contributed by atoms with E-state index in [1.165, 1.54) is 0 Å². The summed E-state index contributed by atoms with van der Waals surface area (Å²) in [5.41, 5.74) is 9.17. The van der Waals surface area contributed by atoms with Crippen LogP contribution in [-0.4, -0.2) is 34.9 Å². The Morgan fingerprint density at radius 2 is 0.556 bits per heavy atom. The van der Waals surface area contributed by atoms with E-state index in [1.54, 1.807) is 0 Å². The molecule has 0 saturated heterocycles. The topological polar surface area (TPSA) is 90.2 Å². The van der Waals surface area contributed by atoms with Crippen LogP contribution in [0.5, 0.6) is 0 Å². The van der Waals surface area contributed by atoms with Crippen LogP contribution in [0.1, 0.15) is 0 Å². The number of hydrogen-bond donors (Lipinski definition) is 0. The molecule has 54 heavy (non-hydrogen) atoms. The number of pyridine rings is 1. The Balaban J connectivity index is 1.12. The zero-order valence-electron chi connectivity index (χ0n) is 29.0. The van der Waals surface area contributed by atoms with Gasteiger partial charge in [-0.1, -0.05) is 164 Å². The molecule has 9 rings (SSSR count). The molecule has 0 atom stereocenters. The van der Waals surface area contributed by atoms with Gasteiger partial charge in [0, 0.05) is 50.7 Å². The van der Waals surface area contributed by atoms with Crippen molar-refractivity contribution < 1.29 is 0 Å². The third-order valence-electron chi connectivity index (χ3n) is 9.03. The Hall–Kier alpha value is -7.51. The smallest absolute Gasteiger partial charge is 0.164 e. The maximum absolute atomic E-state index is 4.96. The highest BCUT2D eigenvalue weighted by atomic mass is 15.0. The van der Waals surface area contributed by atoms with E-state index in [0.29, 0.717) is 34.9 Å². The van der Waals surface area contributed by atoms with Crippen LogP contribution in [0.4, 0.5) is 0 Å². The highest BCUT2D eigenvalue weighted by Gasteiger charge is 2.17. The minimum atomic E-state index is 0.585. The first-order valence-electron chi connectivity index (χ1n) is 17.7. The molecule has 0 fully saturated rings. The summed E-state index contributed by atoms with van der Waals surface area (Å²) in [6.45, 7) is 0. The Morgan fingerprint density at radius 3 is 0.963 bits per heavy atom. The van der Waals surface area contributed by atoms with Crippen LogP contribution in [0.25, 0.3) is 90.7 Å². The lowest BCUT2D eigenvalue weighted by atomic mass is 9.96. The lowest BCUT2D eigenvalue weighted by molar-refractivity contribution is 1.07. The molecule has 7 heteroatoms. The van der Waals surface area contributed by atoms with Crippen molar-refractivity contribution in [2.45, 2.75) is 0 Å². The molecule has 0 saturated carbocycles. The Kier molecular flexibility index (Phi) is 8.77. The third kappa shape index (κ3) is 6.77. The molecule has 9 aromatic rings. The molecule has 7 nitrogen and oxygen atoms in total. The van der Waals surface area contributed by atoms with Crippen LogP contribution < -0.4 is 0 Å². The fraction of sp³-hybridized carbons (Fsp3) is 0. The van der Waals surface area contributed by atoms with E-state index in [0.717, 1.165) is 55.8 Å². The highest BCUT2D eigenvalue weighted by Crippen LogP contribution is 2.35. The third-order valence-corrected chi connectivity index (χ3v) is 9.03. The molecule has 0 N–H and O–H groups in total. The quantitative estimate of drug-likeness (QED) is 0.156. The van der Waals surface area contributed by atoms with Crippen LogP contribution >= 0.6 is 0 Å². The summed E-state index contributed by atoms with van der Waals surface area (Å²) in [6.07, 6.45) is 1.82. The van der Waals surface area contributed by atoms with Gasteiger partial charge >= 0.3 is 0 Å². The Morgan fingerprint density at radius 1 is 0.241 bits per heavy atom. The summed E-state index contributed by atoms with van der Waals surface area (Å²) in [7, 11) is 0. The molecular formula is C47H31N7. The van der Waals surface area contributed by atoms with E-state index >= 15 is 0 Å². The van der Waals surface area contributed by atoms with Crippen molar-refractivity contribution in [3.8, 4) is 90.7 Å². The van der Waals surface area contributed by atoms with Crippen molar-refractivity contribution >= 4 is 0 Å². The van der Waals surface area contributed by atoms with Crippen molar-refractivity contribution in [3.63, 3.8) is 0 Å². The standard InChI is InChI=1S/C47H31N7/c1-5-16-32(17-6-1)42-49-43(33-18-7-2-8-19-33)52-46(51-42)38-26-13-24-36(30-38)40-28-15-29-48-41(40)37-25-14-27-39(31-37)47-53-44(34-20-9-3-10-21-34)50-45(54-47)35-22-11-4-12-23-35/h1-31H. The zero-order valence-corrected chi connectivity index (χ0v) is 29.0. The van der Waals surface area contributed by atoms with E-state index in [9.17, 15) is 0 Å². The first-order chi connectivity index (χ1) is 26.7. The van der Waals surface area contributed by atoms with E-state index in [-0.39, 0.29) is 0 Å². The Labute approximate surface area is 312 Å². The molecule has 0 aliphatic carbocycles. The molecule has 0 aliphatic rings. The van der Waals surface area contributed by atoms with Crippen LogP contribution in [-0.2, 0) is 0 Å². The molecule has 0 amide bonds. The van der Waals surface area contributed by atoms with Gasteiger partial charge in [0.25, 0.3) is 0 Å². The van der Waals surface area contributed by atoms with Gasteiger partial charge in [0.15, 0.2) is 34.9 Å². The van der Waals surface area contributed by atoms with Crippen LogP contribution in [0.15, 0.2) is 188 Å². The van der Waals surface area contributed by atoms with Crippen molar-refractivity contribution in [2.75, 3.05) is 0 Å². The van der Waals surface area contributed by atoms with Gasteiger partial charge in [0.2, 0.25) is 0 Å². The summed E-state index contributed by atoms with van der Waals surface area (Å²) in [5, 5.41) is 0. The second-order valence-corrected chi connectivity index (χ2v) is 12.6. The summed E-state index contributed by atoms with van der Waals surface area (Å²) in [6, 6.07) is 60.6. The SMILES string of the molecule is c1ccc(-c2nc(-c3ccccc3)nc(-c3cccc(-c4cccnc4-c4cccc(-c5nc(-c6ccccc6)nc(-c6ccccc6)n5)c4)c3)n2)cc1. The van der Waals surface area contributed by atoms with Gasteiger partial charge in [-0.05, 0) is 23.8 Å². The van der Waals surface area contributed by atoms with Crippen molar-refractivity contribution in [1.29, 1.82) is 0 Å². The second-order valence-electron chi connectivity index (χ2n) is 12.6. The fourth-order valence-electron chi connectivity index (χ4n) is 6.38. The van der Waals surface area contributed by atoms with E-state index in [4.69, 9.17) is 34.9 Å². The largest absolute Gasteiger partial charge is 0.256 e. The first kappa shape index (κ1) is 32.4. The number of aromatic nitrogens is 7. The maximum atomic E-state index is 4.96. The summed E-state index contributed by atoms with van der Waals surface area (Å²) in [5.74, 6) is 3.65. The zero-order chi connectivity index (χ0) is 36.1. The minimum absolute atomic E-state index is 0.585. The van der Waals surface area contributed by atoms with Gasteiger partial charge in [-0.25, -0.2) is 29.9 Å². The number of nitrogens with zero attached hydrogens (tertiary/aromatic N) is 7. The number of rotatable bonds is 8. The van der Waals surface area contributed by atoms with Crippen molar-refractivity contribution in [1.82, 2.24) is 34.9 Å². The van der Waals surface area contributed by atoms with Gasteiger partial charge in [0.05, 0.1) is 5.69 Å². The van der Waals surface area contributed by atoms with Crippen LogP contribution in [0, 0.1) is 0 Å². The summed E-state index contributed by atoms with van der Waals surface area (Å²) in [4.78, 5) is 34.5. The fourth-order valence-corrected chi connectivity index (χ4v) is 6.38. The molecular weight excluding hydrogens is 663 g/mol. The molecule has 254 valence electrons. The normalized spacial score (nSPS) is 11.0. The lowest BCUT2D eigenvalue weighted by Crippen LogP contribution is -2.00. The van der Waals surface area contributed by atoms with Gasteiger partial charge in [-0.15, -0.1) is 0 Å². The molecule has 6 aromatic carbocycles. The monoisotopic (exact) mass is 693 g/mol. The predicted molar refractivity (Wildman–Crippen MR) is 214 cm³/mol. The average molecular weight is 694 g/mol. The maximum Gasteiger partial charge on any atom is 0.164 e. The molecule has 0 aliphatic heterocycles. The van der Waals surface area contributed by atoms with Crippen LogP contribution in [0.3, 0.4) is 0 Å². The van der Waals surface area contributed by atoms with Gasteiger partial charge in [-0.2, -0.15) is 0 Å². The van der Waals surface area contributed by atoms with Crippen LogP contribution in [0.2, 0.25) is 0 Å². The predicted octanol–water partition coefficient (Wildman–Crippen LogP) is 10.8. The first-order valence-corrected chi connectivity index (χ1v) is 17.7. The van der Waals surface area contributed by atoms with E-state index in [2.05, 4.69) is 30.3 Å². The molecule has 0 radical (unpaired) electrons. The Bertz CT molecular complexity index is 2400. The van der Waals surface area contributed by atoms with Gasteiger partial charge in [0.1, 0.15) is 0 Å². The van der Waals surface area contributed by atoms with Crippen molar-refractivity contribution in [2.24, 2.45) is 0 Å². The average Bonchev–Trinajstić information content (AvgIpc) is 3.27. The van der Waals surface area contributed by atoms with Gasteiger partial charge in [-0.3, -0.25) is 4.98 Å².